The van der Waals surface area contributed by atoms with E-state index in [0.717, 1.165) is 6.07 Å². The minimum Gasteiger partial charge on any atom is -0.324 e. The lowest BCUT2D eigenvalue weighted by molar-refractivity contribution is -0.137. The van der Waals surface area contributed by atoms with Gasteiger partial charge in [-0.3, -0.25) is 4.79 Å². The van der Waals surface area contributed by atoms with Crippen LogP contribution in [0.25, 0.3) is 0 Å². The van der Waals surface area contributed by atoms with E-state index >= 15 is 0 Å². The van der Waals surface area contributed by atoms with E-state index in [-0.39, 0.29) is 11.0 Å². The van der Waals surface area contributed by atoms with Gasteiger partial charge in [0.25, 0.3) is 0 Å². The van der Waals surface area contributed by atoms with Crippen LogP contribution in [0, 0.1) is 0 Å². The lowest BCUT2D eigenvalue weighted by Gasteiger charge is -2.12. The van der Waals surface area contributed by atoms with Crippen LogP contribution < -0.4 is 5.32 Å². The number of amides is 1. The van der Waals surface area contributed by atoms with Gasteiger partial charge in [0.2, 0.25) is 5.91 Å². The SMILES string of the molecule is O=C(CBr)Nc1cccc(C(F)(F)F)c1Cl. The second kappa shape index (κ2) is 5.05. The van der Waals surface area contributed by atoms with Gasteiger partial charge in [0.1, 0.15) is 0 Å². The third-order valence-corrected chi connectivity index (χ3v) is 2.62. The highest BCUT2D eigenvalue weighted by Crippen LogP contribution is 2.38. The number of benzene rings is 1. The van der Waals surface area contributed by atoms with Gasteiger partial charge in [0, 0.05) is 0 Å². The van der Waals surface area contributed by atoms with Crippen LogP contribution >= 0.6 is 27.5 Å². The molecule has 0 aromatic heterocycles. The van der Waals surface area contributed by atoms with Crippen LogP contribution in [0.2, 0.25) is 5.02 Å². The largest absolute Gasteiger partial charge is 0.417 e. The van der Waals surface area contributed by atoms with E-state index in [1.807, 2.05) is 0 Å². The fourth-order valence-corrected chi connectivity index (χ4v) is 1.45. The summed E-state index contributed by atoms with van der Waals surface area (Å²) >= 11 is 8.42. The monoisotopic (exact) mass is 315 g/mol. The minimum absolute atomic E-state index is 0.0143. The van der Waals surface area contributed by atoms with Crippen molar-refractivity contribution in [3.8, 4) is 0 Å². The molecule has 88 valence electrons. The molecule has 2 nitrogen and oxygen atoms in total. The van der Waals surface area contributed by atoms with E-state index in [0.29, 0.717) is 0 Å². The number of halogens is 5. The Bertz CT molecular complexity index is 408. The van der Waals surface area contributed by atoms with E-state index in [4.69, 9.17) is 11.6 Å². The number of rotatable bonds is 2. The molecule has 0 bridgehead atoms. The van der Waals surface area contributed by atoms with Crippen LogP contribution in [-0.2, 0) is 11.0 Å². The van der Waals surface area contributed by atoms with Gasteiger partial charge in [0.15, 0.2) is 0 Å². The molecule has 0 atom stereocenters. The van der Waals surface area contributed by atoms with Crippen LogP contribution in [0.4, 0.5) is 18.9 Å². The Morgan fingerprint density at radius 3 is 2.56 bits per heavy atom. The Balaban J connectivity index is 3.09. The average Bonchev–Trinajstić information content (AvgIpc) is 2.19. The van der Waals surface area contributed by atoms with E-state index in [2.05, 4.69) is 21.2 Å². The quantitative estimate of drug-likeness (QED) is 0.828. The highest BCUT2D eigenvalue weighted by atomic mass is 79.9. The van der Waals surface area contributed by atoms with Crippen LogP contribution in [0.3, 0.4) is 0 Å². The first-order valence-electron chi connectivity index (χ1n) is 4.07. The minimum atomic E-state index is -4.54. The molecule has 0 radical (unpaired) electrons. The van der Waals surface area contributed by atoms with Gasteiger partial charge in [0.05, 0.1) is 21.6 Å². The summed E-state index contributed by atoms with van der Waals surface area (Å²) in [5.74, 6) is -0.471. The Labute approximate surface area is 103 Å². The Kier molecular flexibility index (Phi) is 4.21. The molecule has 0 aliphatic heterocycles. The highest BCUT2D eigenvalue weighted by molar-refractivity contribution is 9.09. The molecule has 1 rings (SSSR count). The van der Waals surface area contributed by atoms with E-state index < -0.39 is 22.7 Å². The maximum Gasteiger partial charge on any atom is 0.417 e. The number of carbonyl (C=O) groups excluding carboxylic acids is 1. The average molecular weight is 317 g/mol. The number of anilines is 1. The molecular weight excluding hydrogens is 310 g/mol. The number of hydrogen-bond donors (Lipinski definition) is 1. The third kappa shape index (κ3) is 3.12. The van der Waals surface area contributed by atoms with Crippen LogP contribution in [0.15, 0.2) is 18.2 Å². The molecule has 0 heterocycles. The van der Waals surface area contributed by atoms with Gasteiger partial charge in [-0.05, 0) is 12.1 Å². The Morgan fingerprint density at radius 2 is 2.06 bits per heavy atom. The molecule has 7 heteroatoms. The second-order valence-corrected chi connectivity index (χ2v) is 3.79. The van der Waals surface area contributed by atoms with Crippen LogP contribution in [-0.4, -0.2) is 11.2 Å². The molecular formula is C9H6BrClF3NO. The molecule has 1 amide bonds. The zero-order valence-corrected chi connectivity index (χ0v) is 10.1. The molecule has 0 spiro atoms. The summed E-state index contributed by atoms with van der Waals surface area (Å²) in [5, 5.41) is 1.73. The van der Waals surface area contributed by atoms with Crippen LogP contribution in [0.5, 0.6) is 0 Å². The third-order valence-electron chi connectivity index (χ3n) is 1.70. The van der Waals surface area contributed by atoms with E-state index in [9.17, 15) is 18.0 Å². The summed E-state index contributed by atoms with van der Waals surface area (Å²) < 4.78 is 37.3. The number of nitrogens with one attached hydrogen (secondary N) is 1. The maximum absolute atomic E-state index is 12.4. The Morgan fingerprint density at radius 1 is 1.44 bits per heavy atom. The smallest absolute Gasteiger partial charge is 0.324 e. The molecule has 0 aliphatic rings. The van der Waals surface area contributed by atoms with Crippen molar-refractivity contribution in [1.82, 2.24) is 0 Å². The lowest BCUT2D eigenvalue weighted by atomic mass is 10.2. The number of alkyl halides is 4. The van der Waals surface area contributed by atoms with Crippen molar-refractivity contribution in [2.45, 2.75) is 6.18 Å². The summed E-state index contributed by atoms with van der Waals surface area (Å²) in [4.78, 5) is 11.0. The van der Waals surface area contributed by atoms with Crippen molar-refractivity contribution in [1.29, 1.82) is 0 Å². The predicted octanol–water partition coefficient (Wildman–Crippen LogP) is 3.69. The zero-order chi connectivity index (χ0) is 12.3. The zero-order valence-electron chi connectivity index (χ0n) is 7.74. The molecule has 1 aromatic carbocycles. The van der Waals surface area contributed by atoms with Gasteiger partial charge < -0.3 is 5.32 Å². The first-order valence-corrected chi connectivity index (χ1v) is 5.57. The summed E-state index contributed by atoms with van der Waals surface area (Å²) in [6.45, 7) is 0. The molecule has 1 N–H and O–H groups in total. The van der Waals surface area contributed by atoms with Crippen molar-refractivity contribution in [2.24, 2.45) is 0 Å². The standard InChI is InChI=1S/C9H6BrClF3NO/c10-4-7(16)15-6-3-1-2-5(8(6)11)9(12,13)14/h1-3H,4H2,(H,15,16). The van der Waals surface area contributed by atoms with Gasteiger partial charge in [-0.25, -0.2) is 0 Å². The summed E-state index contributed by atoms with van der Waals surface area (Å²) in [6, 6.07) is 3.34. The first-order chi connectivity index (χ1) is 7.36. The lowest BCUT2D eigenvalue weighted by Crippen LogP contribution is -2.14. The van der Waals surface area contributed by atoms with Crippen molar-refractivity contribution in [3.63, 3.8) is 0 Å². The van der Waals surface area contributed by atoms with Gasteiger partial charge >= 0.3 is 6.18 Å². The van der Waals surface area contributed by atoms with Crippen molar-refractivity contribution >= 4 is 39.1 Å². The molecule has 1 aromatic rings. The van der Waals surface area contributed by atoms with Crippen molar-refractivity contribution in [2.75, 3.05) is 10.6 Å². The predicted molar refractivity (Wildman–Crippen MR) is 58.9 cm³/mol. The fraction of sp³-hybridized carbons (Fsp3) is 0.222. The number of hydrogen-bond acceptors (Lipinski definition) is 1. The second-order valence-electron chi connectivity index (χ2n) is 2.85. The van der Waals surface area contributed by atoms with Crippen LogP contribution in [0.1, 0.15) is 5.56 Å². The van der Waals surface area contributed by atoms with E-state index in [1.54, 1.807) is 0 Å². The van der Waals surface area contributed by atoms with Gasteiger partial charge in [-0.2, -0.15) is 13.2 Å². The molecule has 16 heavy (non-hydrogen) atoms. The van der Waals surface area contributed by atoms with Gasteiger partial charge in [-0.15, -0.1) is 0 Å². The fourth-order valence-electron chi connectivity index (χ4n) is 1.03. The Hall–Kier alpha value is -0.750. The summed E-state index contributed by atoms with van der Waals surface area (Å²) in [5.41, 5.74) is -1.03. The van der Waals surface area contributed by atoms with Gasteiger partial charge in [-0.1, -0.05) is 33.6 Å². The highest BCUT2D eigenvalue weighted by Gasteiger charge is 2.33. The topological polar surface area (TPSA) is 29.1 Å². The summed E-state index contributed by atoms with van der Waals surface area (Å²) in [6.07, 6.45) is -4.54. The van der Waals surface area contributed by atoms with E-state index in [1.165, 1.54) is 12.1 Å². The maximum atomic E-state index is 12.4. The molecule has 0 saturated carbocycles. The number of carbonyl (C=O) groups is 1. The molecule has 0 unspecified atom stereocenters. The summed E-state index contributed by atoms with van der Waals surface area (Å²) in [7, 11) is 0. The molecule has 0 fully saturated rings. The molecule has 0 aliphatic carbocycles. The first kappa shape index (κ1) is 13.3. The normalized spacial score (nSPS) is 11.3. The van der Waals surface area contributed by atoms with Crippen molar-refractivity contribution in [3.05, 3.63) is 28.8 Å². The van der Waals surface area contributed by atoms with Crippen molar-refractivity contribution < 1.29 is 18.0 Å². The molecule has 0 saturated heterocycles.